The molecule has 4 rings (SSSR count). The van der Waals surface area contributed by atoms with Crippen molar-refractivity contribution < 1.29 is 14.3 Å². The molecule has 1 saturated heterocycles. The van der Waals surface area contributed by atoms with Gasteiger partial charge in [-0.3, -0.25) is 14.7 Å². The Morgan fingerprint density at radius 1 is 1.29 bits per heavy atom. The van der Waals surface area contributed by atoms with Crippen molar-refractivity contribution in [1.29, 1.82) is 0 Å². The molecule has 1 amide bonds. The summed E-state index contributed by atoms with van der Waals surface area (Å²) < 4.78 is 11.2. The molecule has 1 fully saturated rings. The Morgan fingerprint density at radius 2 is 2.14 bits per heavy atom. The number of nitrogens with zero attached hydrogens (tertiary/aromatic N) is 2. The number of carbonyl (C=O) groups is 1. The highest BCUT2D eigenvalue weighted by molar-refractivity contribution is 5.80. The van der Waals surface area contributed by atoms with Crippen molar-refractivity contribution >= 4 is 5.91 Å². The lowest BCUT2D eigenvalue weighted by Gasteiger charge is -2.33. The highest BCUT2D eigenvalue weighted by Gasteiger charge is 2.30. The summed E-state index contributed by atoms with van der Waals surface area (Å²) in [6.45, 7) is 3.30. The van der Waals surface area contributed by atoms with Crippen molar-refractivity contribution in [2.75, 3.05) is 26.8 Å². The van der Waals surface area contributed by atoms with Crippen LogP contribution in [0.2, 0.25) is 0 Å². The second kappa shape index (κ2) is 8.61. The number of pyridine rings is 1. The van der Waals surface area contributed by atoms with Crippen LogP contribution in [-0.4, -0.2) is 48.6 Å². The third kappa shape index (κ3) is 4.28. The Morgan fingerprint density at radius 3 is 2.89 bits per heavy atom. The molecule has 0 bridgehead atoms. The number of benzene rings is 1. The minimum Gasteiger partial charge on any atom is -0.493 e. The first-order valence-corrected chi connectivity index (χ1v) is 9.93. The minimum absolute atomic E-state index is 0.0965. The van der Waals surface area contributed by atoms with E-state index in [4.69, 9.17) is 9.47 Å². The Bertz CT molecular complexity index is 804. The number of para-hydroxylation sites is 1. The van der Waals surface area contributed by atoms with E-state index in [2.05, 4.69) is 21.3 Å². The van der Waals surface area contributed by atoms with Crippen LogP contribution in [0.1, 0.15) is 24.0 Å². The smallest absolute Gasteiger partial charge is 0.227 e. The number of hydrogen-bond acceptors (Lipinski definition) is 5. The van der Waals surface area contributed by atoms with Crippen LogP contribution in [0.4, 0.5) is 0 Å². The SMILES string of the molecule is COc1cccc2c1OCC(C(=O)NC1CCN(Cc3cccnc3)CC1)C2. The van der Waals surface area contributed by atoms with Gasteiger partial charge >= 0.3 is 0 Å². The van der Waals surface area contributed by atoms with Gasteiger partial charge in [-0.15, -0.1) is 0 Å². The topological polar surface area (TPSA) is 63.7 Å². The van der Waals surface area contributed by atoms with Crippen LogP contribution >= 0.6 is 0 Å². The molecule has 1 atom stereocenters. The van der Waals surface area contributed by atoms with Gasteiger partial charge in [-0.2, -0.15) is 0 Å². The standard InChI is InChI=1S/C22H27N3O3/c1-27-20-6-2-5-17-12-18(15-28-21(17)20)22(26)24-19-7-10-25(11-8-19)14-16-4-3-9-23-13-16/h2-6,9,13,18-19H,7-8,10-12,14-15H2,1H3,(H,24,26). The Kier molecular flexibility index (Phi) is 5.76. The average Bonchev–Trinajstić information content (AvgIpc) is 2.75. The number of carbonyl (C=O) groups excluding carboxylic acids is 1. The van der Waals surface area contributed by atoms with Gasteiger partial charge in [0.25, 0.3) is 0 Å². The molecule has 0 saturated carbocycles. The highest BCUT2D eigenvalue weighted by atomic mass is 16.5. The van der Waals surface area contributed by atoms with Gasteiger partial charge in [0.05, 0.1) is 13.0 Å². The van der Waals surface area contributed by atoms with Crippen LogP contribution in [0.5, 0.6) is 11.5 Å². The van der Waals surface area contributed by atoms with E-state index in [-0.39, 0.29) is 17.9 Å². The van der Waals surface area contributed by atoms with E-state index in [1.165, 1.54) is 5.56 Å². The molecule has 6 heteroatoms. The van der Waals surface area contributed by atoms with Gasteiger partial charge in [0.15, 0.2) is 11.5 Å². The number of methoxy groups -OCH3 is 1. The predicted molar refractivity (Wildman–Crippen MR) is 106 cm³/mol. The zero-order valence-electron chi connectivity index (χ0n) is 16.3. The molecule has 0 aliphatic carbocycles. The third-order valence-electron chi connectivity index (χ3n) is 5.61. The first-order chi connectivity index (χ1) is 13.7. The molecular formula is C22H27N3O3. The molecular weight excluding hydrogens is 354 g/mol. The van der Waals surface area contributed by atoms with Gasteiger partial charge in [-0.05, 0) is 42.5 Å². The fraction of sp³-hybridized carbons (Fsp3) is 0.455. The molecule has 6 nitrogen and oxygen atoms in total. The van der Waals surface area contributed by atoms with Crippen LogP contribution in [0.3, 0.4) is 0 Å². The lowest BCUT2D eigenvalue weighted by Crippen LogP contribution is -2.47. The van der Waals surface area contributed by atoms with Crippen molar-refractivity contribution in [3.63, 3.8) is 0 Å². The lowest BCUT2D eigenvalue weighted by molar-refractivity contribution is -0.127. The van der Waals surface area contributed by atoms with Crippen molar-refractivity contribution in [3.05, 3.63) is 53.9 Å². The fourth-order valence-corrected chi connectivity index (χ4v) is 4.03. The number of ether oxygens (including phenoxy) is 2. The molecule has 1 N–H and O–H groups in total. The fourth-order valence-electron chi connectivity index (χ4n) is 4.03. The molecule has 1 aromatic heterocycles. The number of hydrogen-bond donors (Lipinski definition) is 1. The summed E-state index contributed by atoms with van der Waals surface area (Å²) >= 11 is 0. The van der Waals surface area contributed by atoms with Gasteiger partial charge in [-0.25, -0.2) is 0 Å². The molecule has 1 unspecified atom stereocenters. The summed E-state index contributed by atoms with van der Waals surface area (Å²) in [5.74, 6) is 1.46. The summed E-state index contributed by atoms with van der Waals surface area (Å²) in [6, 6.07) is 10.2. The summed E-state index contributed by atoms with van der Waals surface area (Å²) in [5, 5.41) is 3.24. The number of likely N-dealkylation sites (tertiary alicyclic amines) is 1. The third-order valence-corrected chi connectivity index (χ3v) is 5.61. The lowest BCUT2D eigenvalue weighted by atomic mass is 9.94. The monoisotopic (exact) mass is 381 g/mol. The van der Waals surface area contributed by atoms with E-state index in [0.717, 1.165) is 49.5 Å². The molecule has 0 spiro atoms. The summed E-state index contributed by atoms with van der Waals surface area (Å²) in [6.07, 6.45) is 6.37. The number of aromatic nitrogens is 1. The van der Waals surface area contributed by atoms with Crippen LogP contribution in [0.15, 0.2) is 42.7 Å². The molecule has 1 aromatic carbocycles. The highest BCUT2D eigenvalue weighted by Crippen LogP contribution is 2.36. The van der Waals surface area contributed by atoms with Gasteiger partial charge < -0.3 is 14.8 Å². The van der Waals surface area contributed by atoms with E-state index >= 15 is 0 Å². The van der Waals surface area contributed by atoms with E-state index in [0.29, 0.717) is 13.0 Å². The molecule has 148 valence electrons. The minimum atomic E-state index is -0.145. The maximum Gasteiger partial charge on any atom is 0.227 e. The van der Waals surface area contributed by atoms with Gasteiger partial charge in [-0.1, -0.05) is 18.2 Å². The van der Waals surface area contributed by atoms with E-state index in [1.807, 2.05) is 30.5 Å². The van der Waals surface area contributed by atoms with Crippen molar-refractivity contribution in [2.24, 2.45) is 5.92 Å². The van der Waals surface area contributed by atoms with Gasteiger partial charge in [0.1, 0.15) is 6.61 Å². The van der Waals surface area contributed by atoms with E-state index < -0.39 is 0 Å². The van der Waals surface area contributed by atoms with E-state index in [1.54, 1.807) is 13.3 Å². The Hall–Kier alpha value is -2.60. The molecule has 2 aromatic rings. The normalized spacial score (nSPS) is 20.1. The maximum atomic E-state index is 12.8. The average molecular weight is 381 g/mol. The zero-order valence-corrected chi connectivity index (χ0v) is 16.3. The number of rotatable bonds is 5. The largest absolute Gasteiger partial charge is 0.493 e. The second-order valence-corrected chi connectivity index (χ2v) is 7.58. The predicted octanol–water partition coefficient (Wildman–Crippen LogP) is 2.42. The molecule has 2 aliphatic rings. The first-order valence-electron chi connectivity index (χ1n) is 9.93. The van der Waals surface area contributed by atoms with Crippen molar-refractivity contribution in [1.82, 2.24) is 15.2 Å². The van der Waals surface area contributed by atoms with Gasteiger partial charge in [0.2, 0.25) is 5.91 Å². The summed E-state index contributed by atoms with van der Waals surface area (Å²) in [7, 11) is 1.64. The number of fused-ring (bicyclic) bond motifs is 1. The number of amides is 1. The molecule has 2 aliphatic heterocycles. The summed E-state index contributed by atoms with van der Waals surface area (Å²) in [5.41, 5.74) is 2.27. The Labute approximate surface area is 165 Å². The van der Waals surface area contributed by atoms with Crippen LogP contribution in [0, 0.1) is 5.92 Å². The van der Waals surface area contributed by atoms with Gasteiger partial charge in [0, 0.05) is 38.1 Å². The van der Waals surface area contributed by atoms with E-state index in [9.17, 15) is 4.79 Å². The second-order valence-electron chi connectivity index (χ2n) is 7.58. The Balaban J connectivity index is 1.27. The zero-order chi connectivity index (χ0) is 19.3. The molecule has 28 heavy (non-hydrogen) atoms. The van der Waals surface area contributed by atoms with Crippen molar-refractivity contribution in [2.45, 2.75) is 31.8 Å². The quantitative estimate of drug-likeness (QED) is 0.862. The molecule has 3 heterocycles. The first kappa shape index (κ1) is 18.7. The van der Waals surface area contributed by atoms with Crippen molar-refractivity contribution in [3.8, 4) is 11.5 Å². The van der Waals surface area contributed by atoms with Crippen LogP contribution in [-0.2, 0) is 17.8 Å². The van der Waals surface area contributed by atoms with Crippen LogP contribution < -0.4 is 14.8 Å². The molecule has 0 radical (unpaired) electrons. The number of piperidine rings is 1. The van der Waals surface area contributed by atoms with Crippen LogP contribution in [0.25, 0.3) is 0 Å². The number of nitrogens with one attached hydrogen (secondary N) is 1. The summed E-state index contributed by atoms with van der Waals surface area (Å²) in [4.78, 5) is 19.4. The maximum absolute atomic E-state index is 12.8.